The quantitative estimate of drug-likeness (QED) is 0.688. The van der Waals surface area contributed by atoms with E-state index in [9.17, 15) is 10.2 Å². The van der Waals surface area contributed by atoms with Crippen molar-refractivity contribution in [2.45, 2.75) is 12.6 Å². The number of aliphatic hydroxyl groups excluding tert-OH is 2. The average molecular weight is 351 g/mol. The summed E-state index contributed by atoms with van der Waals surface area (Å²) in [6.07, 6.45) is 4.87. The minimum Gasteiger partial charge on any atom is -0.394 e. The van der Waals surface area contributed by atoms with E-state index in [0.717, 1.165) is 5.69 Å². The van der Waals surface area contributed by atoms with Crippen molar-refractivity contribution >= 4 is 28.6 Å². The van der Waals surface area contributed by atoms with Crippen LogP contribution >= 0.6 is 11.6 Å². The molecule has 128 valence electrons. The van der Waals surface area contributed by atoms with Crippen LogP contribution in [0.5, 0.6) is 0 Å². The lowest BCUT2D eigenvalue weighted by atomic mass is 10.3. The monoisotopic (exact) mass is 350 g/mol. The van der Waals surface area contributed by atoms with Crippen LogP contribution in [0.3, 0.4) is 0 Å². The molecule has 24 heavy (non-hydrogen) atoms. The molecule has 0 saturated heterocycles. The van der Waals surface area contributed by atoms with Crippen molar-refractivity contribution in [3.05, 3.63) is 35.6 Å². The van der Waals surface area contributed by atoms with E-state index < -0.39 is 6.04 Å². The van der Waals surface area contributed by atoms with Gasteiger partial charge in [0.15, 0.2) is 17.0 Å². The van der Waals surface area contributed by atoms with Crippen molar-refractivity contribution in [2.24, 2.45) is 7.05 Å². The summed E-state index contributed by atoms with van der Waals surface area (Å²) in [7, 11) is 3.85. The standard InChI is InChI=1S/C15H19ClN6O2/c1-20-4-10(16)3-11(20)5-21(2)14-13-15(18-8-17-14)22(9-19-13)12(6-23)7-24/h3-4,8-9,12,23-24H,5-7H2,1-2H3. The van der Waals surface area contributed by atoms with Crippen LogP contribution in [0.25, 0.3) is 11.2 Å². The molecule has 0 aliphatic carbocycles. The highest BCUT2D eigenvalue weighted by atomic mass is 35.5. The number of halogens is 1. The van der Waals surface area contributed by atoms with Gasteiger partial charge in [0.25, 0.3) is 0 Å². The first-order valence-corrected chi connectivity index (χ1v) is 7.84. The van der Waals surface area contributed by atoms with E-state index in [1.165, 1.54) is 6.33 Å². The Morgan fingerprint density at radius 2 is 2.00 bits per heavy atom. The van der Waals surface area contributed by atoms with Crippen LogP contribution in [0, 0.1) is 0 Å². The average Bonchev–Trinajstić information content (AvgIpc) is 3.12. The predicted molar refractivity (Wildman–Crippen MR) is 91.1 cm³/mol. The molecule has 0 aliphatic heterocycles. The zero-order chi connectivity index (χ0) is 17.3. The second-order valence-corrected chi connectivity index (χ2v) is 6.09. The van der Waals surface area contributed by atoms with E-state index in [4.69, 9.17) is 11.6 Å². The smallest absolute Gasteiger partial charge is 0.165 e. The Hall–Kier alpha value is -2.16. The van der Waals surface area contributed by atoms with Crippen LogP contribution in [0.2, 0.25) is 5.02 Å². The van der Waals surface area contributed by atoms with Crippen molar-refractivity contribution < 1.29 is 10.2 Å². The van der Waals surface area contributed by atoms with Gasteiger partial charge in [0, 0.05) is 26.0 Å². The third-order valence-electron chi connectivity index (χ3n) is 3.99. The van der Waals surface area contributed by atoms with Crippen LogP contribution in [-0.2, 0) is 13.6 Å². The molecule has 0 aromatic carbocycles. The SMILES string of the molecule is CN(Cc1cc(Cl)cn1C)c1ncnc2c1ncn2C(CO)CO. The van der Waals surface area contributed by atoms with Crippen molar-refractivity contribution in [3.63, 3.8) is 0 Å². The highest BCUT2D eigenvalue weighted by Crippen LogP contribution is 2.24. The zero-order valence-electron chi connectivity index (χ0n) is 13.5. The van der Waals surface area contributed by atoms with Crippen LogP contribution in [-0.4, -0.2) is 54.6 Å². The summed E-state index contributed by atoms with van der Waals surface area (Å²) >= 11 is 6.03. The molecule has 8 nitrogen and oxygen atoms in total. The Morgan fingerprint density at radius 1 is 1.25 bits per heavy atom. The van der Waals surface area contributed by atoms with Gasteiger partial charge in [0.2, 0.25) is 0 Å². The lowest BCUT2D eigenvalue weighted by Gasteiger charge is -2.19. The van der Waals surface area contributed by atoms with Gasteiger partial charge in [-0.1, -0.05) is 11.6 Å². The summed E-state index contributed by atoms with van der Waals surface area (Å²) in [5.41, 5.74) is 2.23. The highest BCUT2D eigenvalue weighted by Gasteiger charge is 2.18. The normalized spacial score (nSPS) is 11.6. The molecule has 0 fully saturated rings. The van der Waals surface area contributed by atoms with Crippen LogP contribution in [0.4, 0.5) is 5.82 Å². The van der Waals surface area contributed by atoms with Gasteiger partial charge in [-0.05, 0) is 6.07 Å². The molecule has 0 atom stereocenters. The third-order valence-corrected chi connectivity index (χ3v) is 4.20. The van der Waals surface area contributed by atoms with E-state index in [-0.39, 0.29) is 13.2 Å². The van der Waals surface area contributed by atoms with Crippen LogP contribution in [0.1, 0.15) is 11.7 Å². The maximum absolute atomic E-state index is 9.39. The maximum Gasteiger partial charge on any atom is 0.165 e. The molecular formula is C15H19ClN6O2. The number of fused-ring (bicyclic) bond motifs is 1. The fourth-order valence-corrected chi connectivity index (χ4v) is 2.93. The summed E-state index contributed by atoms with van der Waals surface area (Å²) in [4.78, 5) is 14.9. The second kappa shape index (κ2) is 6.76. The molecule has 0 bridgehead atoms. The van der Waals surface area contributed by atoms with Gasteiger partial charge in [-0.15, -0.1) is 0 Å². The zero-order valence-corrected chi connectivity index (χ0v) is 14.2. The first-order chi connectivity index (χ1) is 11.5. The fraction of sp³-hybridized carbons (Fsp3) is 0.400. The predicted octanol–water partition coefficient (Wildman–Crippen LogP) is 0.980. The molecular weight excluding hydrogens is 332 g/mol. The Labute approximate surface area is 144 Å². The first-order valence-electron chi connectivity index (χ1n) is 7.46. The van der Waals surface area contributed by atoms with Gasteiger partial charge in [0.05, 0.1) is 37.2 Å². The van der Waals surface area contributed by atoms with E-state index >= 15 is 0 Å². The molecule has 0 aliphatic rings. The van der Waals surface area contributed by atoms with Crippen molar-refractivity contribution in [2.75, 3.05) is 25.2 Å². The molecule has 3 aromatic rings. The van der Waals surface area contributed by atoms with Gasteiger partial charge in [0.1, 0.15) is 6.33 Å². The number of aryl methyl sites for hydroxylation is 1. The van der Waals surface area contributed by atoms with E-state index in [0.29, 0.717) is 28.5 Å². The molecule has 9 heteroatoms. The number of aromatic nitrogens is 5. The summed E-state index contributed by atoms with van der Waals surface area (Å²) in [5.74, 6) is 0.672. The number of aliphatic hydroxyl groups is 2. The first kappa shape index (κ1) is 16.7. The second-order valence-electron chi connectivity index (χ2n) is 5.66. The van der Waals surface area contributed by atoms with Gasteiger partial charge < -0.3 is 24.2 Å². The number of anilines is 1. The van der Waals surface area contributed by atoms with E-state index in [2.05, 4.69) is 15.0 Å². The minimum absolute atomic E-state index is 0.195. The van der Waals surface area contributed by atoms with Gasteiger partial charge >= 0.3 is 0 Å². The summed E-state index contributed by atoms with van der Waals surface area (Å²) in [6.45, 7) is 0.212. The van der Waals surface area contributed by atoms with Crippen molar-refractivity contribution in [3.8, 4) is 0 Å². The molecule has 0 radical (unpaired) electrons. The van der Waals surface area contributed by atoms with Gasteiger partial charge in [-0.3, -0.25) is 0 Å². The molecule has 2 N–H and O–H groups in total. The number of imidazole rings is 1. The lowest BCUT2D eigenvalue weighted by molar-refractivity contribution is 0.156. The Balaban J connectivity index is 1.96. The van der Waals surface area contributed by atoms with E-state index in [1.54, 1.807) is 10.9 Å². The minimum atomic E-state index is -0.477. The van der Waals surface area contributed by atoms with Crippen LogP contribution < -0.4 is 4.90 Å². The summed E-state index contributed by atoms with van der Waals surface area (Å²) < 4.78 is 3.62. The van der Waals surface area contributed by atoms with Crippen molar-refractivity contribution in [1.29, 1.82) is 0 Å². The van der Waals surface area contributed by atoms with Gasteiger partial charge in [-0.2, -0.15) is 0 Å². The maximum atomic E-state index is 9.39. The third kappa shape index (κ3) is 2.95. The summed E-state index contributed by atoms with van der Waals surface area (Å²) in [5, 5.41) is 19.5. The highest BCUT2D eigenvalue weighted by molar-refractivity contribution is 6.30. The number of nitrogens with zero attached hydrogens (tertiary/aromatic N) is 6. The van der Waals surface area contributed by atoms with Crippen LogP contribution in [0.15, 0.2) is 24.9 Å². The molecule has 0 unspecified atom stereocenters. The number of hydrogen-bond acceptors (Lipinski definition) is 6. The molecule has 0 spiro atoms. The molecule has 3 heterocycles. The van der Waals surface area contributed by atoms with E-state index in [1.807, 2.05) is 35.8 Å². The van der Waals surface area contributed by atoms with Gasteiger partial charge in [-0.25, -0.2) is 15.0 Å². The Morgan fingerprint density at radius 3 is 2.62 bits per heavy atom. The largest absolute Gasteiger partial charge is 0.394 e. The summed E-state index contributed by atoms with van der Waals surface area (Å²) in [6, 6.07) is 1.43. The Kier molecular flexibility index (Phi) is 4.70. The molecule has 3 aromatic heterocycles. The Bertz CT molecular complexity index is 842. The van der Waals surface area contributed by atoms with Crippen molar-refractivity contribution in [1.82, 2.24) is 24.1 Å². The molecule has 3 rings (SSSR count). The number of rotatable bonds is 6. The molecule has 0 saturated carbocycles. The number of hydrogen-bond donors (Lipinski definition) is 2. The molecule has 0 amide bonds. The lowest BCUT2D eigenvalue weighted by Crippen LogP contribution is -2.20. The fourth-order valence-electron chi connectivity index (χ4n) is 2.66. The topological polar surface area (TPSA) is 92.2 Å².